The van der Waals surface area contributed by atoms with Crippen molar-refractivity contribution in [3.8, 4) is 11.8 Å². The standard InChI is InChI=1S/C11H14N2/c1-9(2)4-5-10-6-7-11(12-3)13-8-10/h6-9H,1-3H3,(H,12,13)/i3D3. The molecule has 1 N–H and O–H groups in total. The van der Waals surface area contributed by atoms with Crippen LogP contribution in [0.15, 0.2) is 18.3 Å². The molecule has 2 nitrogen and oxygen atoms in total. The lowest BCUT2D eigenvalue weighted by atomic mass is 10.2. The molecule has 0 saturated heterocycles. The summed E-state index contributed by atoms with van der Waals surface area (Å²) in [7, 11) is 0. The Balaban J connectivity index is 2.73. The van der Waals surface area contributed by atoms with Crippen LogP contribution in [-0.2, 0) is 0 Å². The van der Waals surface area contributed by atoms with E-state index in [0.29, 0.717) is 11.7 Å². The summed E-state index contributed by atoms with van der Waals surface area (Å²) in [6.45, 7) is 1.80. The van der Waals surface area contributed by atoms with Crippen LogP contribution in [0.4, 0.5) is 5.82 Å². The van der Waals surface area contributed by atoms with E-state index < -0.39 is 6.98 Å². The lowest BCUT2D eigenvalue weighted by Crippen LogP contribution is -1.91. The van der Waals surface area contributed by atoms with Crippen LogP contribution in [0.3, 0.4) is 0 Å². The monoisotopic (exact) mass is 177 g/mol. The molecule has 0 aromatic carbocycles. The molecule has 0 fully saturated rings. The molecule has 0 atom stereocenters. The van der Waals surface area contributed by atoms with E-state index in [1.165, 1.54) is 0 Å². The van der Waals surface area contributed by atoms with Gasteiger partial charge < -0.3 is 5.32 Å². The topological polar surface area (TPSA) is 24.9 Å². The van der Waals surface area contributed by atoms with Crippen LogP contribution in [0.2, 0.25) is 0 Å². The van der Waals surface area contributed by atoms with Crippen molar-refractivity contribution in [2.75, 3.05) is 12.3 Å². The second-order valence-corrected chi connectivity index (χ2v) is 2.98. The summed E-state index contributed by atoms with van der Waals surface area (Å²) in [5.41, 5.74) is 0.782. The maximum atomic E-state index is 7.01. The Kier molecular flexibility index (Phi) is 2.10. The molecule has 0 radical (unpaired) electrons. The minimum atomic E-state index is -2.21. The predicted molar refractivity (Wildman–Crippen MR) is 55.5 cm³/mol. The number of pyridine rings is 1. The second kappa shape index (κ2) is 4.51. The highest BCUT2D eigenvalue weighted by molar-refractivity contribution is 5.40. The Morgan fingerprint density at radius 3 is 2.92 bits per heavy atom. The molecule has 13 heavy (non-hydrogen) atoms. The summed E-state index contributed by atoms with van der Waals surface area (Å²) < 4.78 is 21.0. The molecule has 1 aromatic rings. The van der Waals surface area contributed by atoms with Crippen LogP contribution in [0, 0.1) is 17.8 Å². The largest absolute Gasteiger partial charge is 0.373 e. The zero-order valence-corrected chi connectivity index (χ0v) is 7.76. The van der Waals surface area contributed by atoms with Gasteiger partial charge in [0.05, 0.1) is 0 Å². The van der Waals surface area contributed by atoms with Gasteiger partial charge in [0.2, 0.25) is 0 Å². The van der Waals surface area contributed by atoms with Gasteiger partial charge >= 0.3 is 0 Å². The summed E-state index contributed by atoms with van der Waals surface area (Å²) >= 11 is 0. The minimum absolute atomic E-state index is 0.306. The van der Waals surface area contributed by atoms with Crippen molar-refractivity contribution in [3.63, 3.8) is 0 Å². The molecule has 0 bridgehead atoms. The first-order chi connectivity index (χ1) is 7.37. The van der Waals surface area contributed by atoms with E-state index in [9.17, 15) is 0 Å². The number of rotatable bonds is 1. The summed E-state index contributed by atoms with van der Waals surface area (Å²) in [5, 5.41) is 2.31. The second-order valence-electron chi connectivity index (χ2n) is 2.98. The van der Waals surface area contributed by atoms with E-state index in [2.05, 4.69) is 22.1 Å². The molecule has 0 spiro atoms. The fraction of sp³-hybridized carbons (Fsp3) is 0.364. The average molecular weight is 177 g/mol. The maximum Gasteiger partial charge on any atom is 0.125 e. The van der Waals surface area contributed by atoms with Crippen LogP contribution < -0.4 is 5.32 Å². The summed E-state index contributed by atoms with van der Waals surface area (Å²) in [5.74, 6) is 6.60. The van der Waals surface area contributed by atoms with Gasteiger partial charge in [0.1, 0.15) is 5.82 Å². The van der Waals surface area contributed by atoms with Crippen molar-refractivity contribution in [2.24, 2.45) is 5.92 Å². The normalized spacial score (nSPS) is 13.6. The molecule has 1 aromatic heterocycles. The Morgan fingerprint density at radius 2 is 2.38 bits per heavy atom. The SMILES string of the molecule is [2H]C([2H])([2H])Nc1ccc(C#CC(C)C)cn1. The minimum Gasteiger partial charge on any atom is -0.373 e. The van der Waals surface area contributed by atoms with Gasteiger partial charge in [0, 0.05) is 28.8 Å². The third-order valence-electron chi connectivity index (χ3n) is 1.40. The van der Waals surface area contributed by atoms with Crippen LogP contribution in [0.1, 0.15) is 23.5 Å². The Labute approximate surface area is 83.6 Å². The van der Waals surface area contributed by atoms with E-state index in [1.54, 1.807) is 18.3 Å². The molecule has 0 unspecified atom stereocenters. The fourth-order valence-electron chi connectivity index (χ4n) is 0.769. The van der Waals surface area contributed by atoms with Gasteiger partial charge in [-0.2, -0.15) is 0 Å². The van der Waals surface area contributed by atoms with Gasteiger partial charge in [0.25, 0.3) is 0 Å². The first-order valence-electron chi connectivity index (χ1n) is 5.62. The molecule has 0 aliphatic heterocycles. The summed E-state index contributed by atoms with van der Waals surface area (Å²) in [6.07, 6.45) is 1.56. The molecule has 0 aliphatic rings. The van der Waals surface area contributed by atoms with Crippen LogP contribution in [-0.4, -0.2) is 12.0 Å². The molecule has 0 saturated carbocycles. The van der Waals surface area contributed by atoms with Gasteiger partial charge in [-0.05, 0) is 12.1 Å². The number of hydrogen-bond donors (Lipinski definition) is 1. The molecule has 0 aliphatic carbocycles. The first-order valence-corrected chi connectivity index (χ1v) is 4.12. The van der Waals surface area contributed by atoms with Crippen molar-refractivity contribution in [3.05, 3.63) is 23.9 Å². The van der Waals surface area contributed by atoms with E-state index in [4.69, 9.17) is 4.11 Å². The third-order valence-corrected chi connectivity index (χ3v) is 1.40. The van der Waals surface area contributed by atoms with E-state index in [-0.39, 0.29) is 0 Å². The van der Waals surface area contributed by atoms with E-state index >= 15 is 0 Å². The van der Waals surface area contributed by atoms with Crippen molar-refractivity contribution < 1.29 is 4.11 Å². The number of hydrogen-bond acceptors (Lipinski definition) is 2. The van der Waals surface area contributed by atoms with Crippen LogP contribution in [0.25, 0.3) is 0 Å². The van der Waals surface area contributed by atoms with Gasteiger partial charge in [0.15, 0.2) is 0 Å². The maximum absolute atomic E-state index is 7.01. The van der Waals surface area contributed by atoms with Gasteiger partial charge in [-0.3, -0.25) is 0 Å². The molecular weight excluding hydrogens is 160 g/mol. The Morgan fingerprint density at radius 1 is 1.54 bits per heavy atom. The number of anilines is 1. The Bertz CT molecular complexity index is 396. The molecule has 0 amide bonds. The van der Waals surface area contributed by atoms with Crippen LogP contribution in [0.5, 0.6) is 0 Å². The van der Waals surface area contributed by atoms with Crippen molar-refractivity contribution in [2.45, 2.75) is 13.8 Å². The molecule has 1 heterocycles. The molecule has 2 heteroatoms. The molecule has 1 rings (SSSR count). The van der Waals surface area contributed by atoms with E-state index in [0.717, 1.165) is 5.56 Å². The zero-order valence-electron chi connectivity index (χ0n) is 10.8. The van der Waals surface area contributed by atoms with Crippen molar-refractivity contribution in [1.29, 1.82) is 0 Å². The van der Waals surface area contributed by atoms with E-state index in [1.807, 2.05) is 13.8 Å². The third kappa shape index (κ3) is 3.16. The van der Waals surface area contributed by atoms with Crippen molar-refractivity contribution >= 4 is 5.82 Å². The van der Waals surface area contributed by atoms with Crippen molar-refractivity contribution in [1.82, 2.24) is 4.98 Å². The number of nitrogens with one attached hydrogen (secondary N) is 1. The lowest BCUT2D eigenvalue weighted by molar-refractivity contribution is 0.866. The van der Waals surface area contributed by atoms with Gasteiger partial charge in [-0.25, -0.2) is 4.98 Å². The number of nitrogens with zero attached hydrogens (tertiary/aromatic N) is 1. The molecular formula is C11H14N2. The zero-order chi connectivity index (χ0) is 12.2. The first kappa shape index (κ1) is 6.04. The molecule has 68 valence electrons. The smallest absolute Gasteiger partial charge is 0.125 e. The lowest BCUT2D eigenvalue weighted by Gasteiger charge is -1.96. The predicted octanol–water partition coefficient (Wildman–Crippen LogP) is 2.13. The quantitative estimate of drug-likeness (QED) is 0.665. The van der Waals surface area contributed by atoms with Gasteiger partial charge in [-0.15, -0.1) is 0 Å². The number of aromatic nitrogens is 1. The highest BCUT2D eigenvalue weighted by atomic mass is 14.9. The highest BCUT2D eigenvalue weighted by Gasteiger charge is 1.89. The Hall–Kier alpha value is -1.49. The van der Waals surface area contributed by atoms with Crippen LogP contribution >= 0.6 is 0 Å². The fourth-order valence-corrected chi connectivity index (χ4v) is 0.769. The summed E-state index contributed by atoms with van der Waals surface area (Å²) in [6, 6.07) is 3.35. The summed E-state index contributed by atoms with van der Waals surface area (Å²) in [4.78, 5) is 3.97. The average Bonchev–Trinajstić information content (AvgIpc) is 2.14. The highest BCUT2D eigenvalue weighted by Crippen LogP contribution is 2.02. The van der Waals surface area contributed by atoms with Gasteiger partial charge in [-0.1, -0.05) is 25.7 Å².